The molecule has 7 nitrogen and oxygen atoms in total. The zero-order valence-electron chi connectivity index (χ0n) is 19.3. The Labute approximate surface area is 202 Å². The number of fused-ring (bicyclic) bond motifs is 1. The fourth-order valence-corrected chi connectivity index (χ4v) is 5.58. The maximum absolute atomic E-state index is 13.4. The summed E-state index contributed by atoms with van der Waals surface area (Å²) in [6.07, 6.45) is 2.87. The van der Waals surface area contributed by atoms with Crippen molar-refractivity contribution in [2.24, 2.45) is 5.41 Å². The molecule has 174 valence electrons. The minimum absolute atomic E-state index is 0.0494. The second-order valence-electron chi connectivity index (χ2n) is 9.38. The van der Waals surface area contributed by atoms with Gasteiger partial charge in [0, 0.05) is 35.2 Å². The topological polar surface area (TPSA) is 97.0 Å². The number of rotatable bonds is 5. The summed E-state index contributed by atoms with van der Waals surface area (Å²) in [6.45, 7) is 4.17. The number of nitrogens with one attached hydrogen (secondary N) is 2. The van der Waals surface area contributed by atoms with E-state index in [9.17, 15) is 9.59 Å². The minimum Gasteiger partial charge on any atom is -0.496 e. The molecular weight excluding hydrogens is 448 g/mol. The number of para-hydroxylation sites is 1. The first-order chi connectivity index (χ1) is 16.4. The van der Waals surface area contributed by atoms with Gasteiger partial charge in [-0.25, -0.2) is 4.98 Å². The highest BCUT2D eigenvalue weighted by molar-refractivity contribution is 7.98. The number of allylic oxidation sites excluding steroid dienone is 2. The van der Waals surface area contributed by atoms with Gasteiger partial charge in [0.2, 0.25) is 0 Å². The molecule has 1 aliphatic carbocycles. The van der Waals surface area contributed by atoms with E-state index in [-0.39, 0.29) is 16.8 Å². The van der Waals surface area contributed by atoms with Crippen molar-refractivity contribution in [2.45, 2.75) is 43.5 Å². The maximum Gasteiger partial charge on any atom is 0.257 e. The van der Waals surface area contributed by atoms with Gasteiger partial charge in [0.25, 0.3) is 5.56 Å². The molecule has 2 aromatic heterocycles. The molecule has 2 aliphatic rings. The van der Waals surface area contributed by atoms with Gasteiger partial charge in [0.15, 0.2) is 10.9 Å². The van der Waals surface area contributed by atoms with Crippen molar-refractivity contribution in [1.29, 1.82) is 0 Å². The van der Waals surface area contributed by atoms with E-state index in [1.165, 1.54) is 11.8 Å². The second kappa shape index (κ2) is 8.76. The lowest BCUT2D eigenvalue weighted by atomic mass is 9.69. The highest BCUT2D eigenvalue weighted by atomic mass is 32.2. The number of aromatic nitrogens is 3. The minimum atomic E-state index is -0.544. The average Bonchev–Trinajstić information content (AvgIpc) is 2.81. The number of methoxy groups -OCH3 is 1. The molecule has 1 aliphatic heterocycles. The van der Waals surface area contributed by atoms with Crippen molar-refractivity contribution in [1.82, 2.24) is 15.0 Å². The van der Waals surface area contributed by atoms with Crippen molar-refractivity contribution in [3.63, 3.8) is 0 Å². The molecule has 0 bridgehead atoms. The fourth-order valence-electron chi connectivity index (χ4n) is 4.80. The van der Waals surface area contributed by atoms with Crippen molar-refractivity contribution >= 4 is 23.4 Å². The number of pyridine rings is 1. The van der Waals surface area contributed by atoms with E-state index in [4.69, 9.17) is 9.72 Å². The summed E-state index contributed by atoms with van der Waals surface area (Å²) in [6, 6.07) is 13.3. The Balaban J connectivity index is 1.62. The number of carbonyl (C=O) groups excluding carboxylic acids is 1. The third-order valence-electron chi connectivity index (χ3n) is 6.23. The molecule has 0 saturated carbocycles. The fraction of sp³-hybridized carbons (Fsp3) is 0.308. The van der Waals surface area contributed by atoms with Crippen LogP contribution in [0.15, 0.2) is 69.9 Å². The molecule has 5 rings (SSSR count). The first-order valence-corrected chi connectivity index (χ1v) is 12.2. The zero-order valence-corrected chi connectivity index (χ0v) is 20.2. The second-order valence-corrected chi connectivity index (χ2v) is 10.3. The summed E-state index contributed by atoms with van der Waals surface area (Å²) >= 11 is 1.42. The monoisotopic (exact) mass is 474 g/mol. The van der Waals surface area contributed by atoms with E-state index in [2.05, 4.69) is 29.1 Å². The van der Waals surface area contributed by atoms with E-state index in [0.717, 1.165) is 17.0 Å². The van der Waals surface area contributed by atoms with E-state index in [1.807, 2.05) is 42.5 Å². The number of thioether (sulfide) groups is 1. The summed E-state index contributed by atoms with van der Waals surface area (Å²) in [5, 5.41) is 3.87. The molecule has 0 fully saturated rings. The third kappa shape index (κ3) is 4.14. The molecule has 8 heteroatoms. The Morgan fingerprint density at radius 2 is 1.91 bits per heavy atom. The molecule has 0 saturated heterocycles. The molecule has 3 heterocycles. The largest absolute Gasteiger partial charge is 0.496 e. The van der Waals surface area contributed by atoms with Crippen LogP contribution in [0.4, 0.5) is 5.82 Å². The normalized spacial score (nSPS) is 18.7. The molecule has 34 heavy (non-hydrogen) atoms. The van der Waals surface area contributed by atoms with Crippen LogP contribution in [-0.2, 0) is 10.5 Å². The van der Waals surface area contributed by atoms with Crippen LogP contribution in [0, 0.1) is 5.41 Å². The lowest BCUT2D eigenvalue weighted by Crippen LogP contribution is -2.37. The standard InChI is InChI=1S/C26H26N4O3S/c1-26(2)12-17-21(18(31)13-26)20(16-9-4-5-10-19(16)33-3)22-23(28-17)29-25(30-24(22)32)34-14-15-8-6-7-11-27-15/h4-11,20H,12-14H2,1-3H3,(H2,28,29,30,32)/t20-/m1/s1. The number of Topliss-reactive ketones (excluding diaryl/α,β-unsaturated/α-hetero) is 1. The number of hydrogen-bond donors (Lipinski definition) is 2. The van der Waals surface area contributed by atoms with Gasteiger partial charge in [-0.2, -0.15) is 0 Å². The molecule has 0 spiro atoms. The Morgan fingerprint density at radius 1 is 1.12 bits per heavy atom. The number of ether oxygens (including phenoxy) is 1. The highest BCUT2D eigenvalue weighted by Gasteiger charge is 2.43. The number of anilines is 1. The van der Waals surface area contributed by atoms with Crippen LogP contribution >= 0.6 is 11.8 Å². The predicted molar refractivity (Wildman–Crippen MR) is 132 cm³/mol. The van der Waals surface area contributed by atoms with Crippen LogP contribution in [0.5, 0.6) is 5.75 Å². The molecule has 0 amide bonds. The Morgan fingerprint density at radius 3 is 2.68 bits per heavy atom. The van der Waals surface area contributed by atoms with Crippen LogP contribution in [0.1, 0.15) is 49.4 Å². The molecule has 2 N–H and O–H groups in total. The summed E-state index contributed by atoms with van der Waals surface area (Å²) in [7, 11) is 1.60. The van der Waals surface area contributed by atoms with Crippen molar-refractivity contribution in [3.05, 3.63) is 87.1 Å². The van der Waals surface area contributed by atoms with E-state index >= 15 is 0 Å². The molecule has 1 aromatic carbocycles. The molecule has 0 radical (unpaired) electrons. The van der Waals surface area contributed by atoms with Gasteiger partial charge in [-0.15, -0.1) is 0 Å². The Bertz CT molecular complexity index is 1350. The zero-order chi connectivity index (χ0) is 23.9. The van der Waals surface area contributed by atoms with E-state index in [0.29, 0.717) is 46.5 Å². The van der Waals surface area contributed by atoms with Crippen molar-refractivity contribution < 1.29 is 9.53 Å². The SMILES string of the molecule is COc1ccccc1[C@@H]1C2=C(CC(C)(C)CC2=O)Nc2nc(SCc3ccccn3)[nH]c(=O)c21. The third-order valence-corrected chi connectivity index (χ3v) is 7.14. The molecule has 3 aromatic rings. The predicted octanol–water partition coefficient (Wildman–Crippen LogP) is 4.67. The molecule has 1 atom stereocenters. The first kappa shape index (κ1) is 22.4. The average molecular weight is 475 g/mol. The summed E-state index contributed by atoms with van der Waals surface area (Å²) in [5.41, 5.74) is 3.16. The van der Waals surface area contributed by atoms with Gasteiger partial charge >= 0.3 is 0 Å². The smallest absolute Gasteiger partial charge is 0.257 e. The maximum atomic E-state index is 13.4. The lowest BCUT2D eigenvalue weighted by Gasteiger charge is -2.38. The van der Waals surface area contributed by atoms with E-state index < -0.39 is 5.92 Å². The number of H-pyrrole nitrogens is 1. The summed E-state index contributed by atoms with van der Waals surface area (Å²) < 4.78 is 5.62. The summed E-state index contributed by atoms with van der Waals surface area (Å²) in [5.74, 6) is 1.22. The summed E-state index contributed by atoms with van der Waals surface area (Å²) in [4.78, 5) is 38.9. The van der Waals surface area contributed by atoms with Gasteiger partial charge in [-0.3, -0.25) is 14.6 Å². The van der Waals surface area contributed by atoms with Crippen LogP contribution in [0.3, 0.4) is 0 Å². The van der Waals surface area contributed by atoms with Crippen molar-refractivity contribution in [2.75, 3.05) is 12.4 Å². The number of aromatic amines is 1. The van der Waals surface area contributed by atoms with Gasteiger partial charge in [0.1, 0.15) is 11.6 Å². The Kier molecular flexibility index (Phi) is 5.77. The van der Waals surface area contributed by atoms with Crippen LogP contribution in [0.25, 0.3) is 0 Å². The highest BCUT2D eigenvalue weighted by Crippen LogP contribution is 2.49. The number of nitrogens with zero attached hydrogens (tertiary/aromatic N) is 2. The number of hydrogen-bond acceptors (Lipinski definition) is 7. The quantitative estimate of drug-likeness (QED) is 0.410. The van der Waals surface area contributed by atoms with Gasteiger partial charge in [-0.05, 0) is 30.0 Å². The van der Waals surface area contributed by atoms with Crippen molar-refractivity contribution in [3.8, 4) is 5.75 Å². The van der Waals surface area contributed by atoms with E-state index in [1.54, 1.807) is 13.3 Å². The van der Waals surface area contributed by atoms with Crippen LogP contribution < -0.4 is 15.6 Å². The van der Waals surface area contributed by atoms with Crippen LogP contribution in [0.2, 0.25) is 0 Å². The number of carbonyl (C=O) groups is 1. The molecular formula is C26H26N4O3S. The van der Waals surface area contributed by atoms with Gasteiger partial charge in [-0.1, -0.05) is 49.9 Å². The Hall–Kier alpha value is -3.39. The first-order valence-electron chi connectivity index (χ1n) is 11.2. The lowest BCUT2D eigenvalue weighted by molar-refractivity contribution is -0.118. The van der Waals surface area contributed by atoms with Crippen LogP contribution in [-0.4, -0.2) is 27.8 Å². The molecule has 0 unspecified atom stereocenters. The van der Waals surface area contributed by atoms with Gasteiger partial charge in [0.05, 0.1) is 24.3 Å². The number of ketones is 1. The van der Waals surface area contributed by atoms with Gasteiger partial charge < -0.3 is 15.0 Å². The number of benzene rings is 1.